The van der Waals surface area contributed by atoms with Gasteiger partial charge in [-0.15, -0.1) is 0 Å². The van der Waals surface area contributed by atoms with Gasteiger partial charge in [-0.2, -0.15) is 0 Å². The molecule has 146 valence electrons. The summed E-state index contributed by atoms with van der Waals surface area (Å²) in [5, 5.41) is 0.105. The molecule has 1 aliphatic rings. The van der Waals surface area contributed by atoms with E-state index in [0.717, 1.165) is 6.29 Å². The van der Waals surface area contributed by atoms with Crippen molar-refractivity contribution in [2.75, 3.05) is 13.3 Å². The number of rotatable bonds is 7. The van der Waals surface area contributed by atoms with E-state index in [1.807, 2.05) is 18.2 Å². The van der Waals surface area contributed by atoms with Crippen LogP contribution in [0.4, 0.5) is 0 Å². The average Bonchev–Trinajstić information content (AvgIpc) is 2.92. The van der Waals surface area contributed by atoms with E-state index in [-0.39, 0.29) is 17.1 Å². The number of ether oxygens (including phenoxy) is 1. The van der Waals surface area contributed by atoms with Crippen LogP contribution in [0.2, 0.25) is 18.1 Å². The topological polar surface area (TPSA) is 38.8 Å². The average molecular weight is 378 g/mol. The van der Waals surface area contributed by atoms with Gasteiger partial charge in [0, 0.05) is 6.54 Å². The molecule has 0 aromatic heterocycles. The van der Waals surface area contributed by atoms with E-state index in [1.165, 1.54) is 5.56 Å². The Morgan fingerprint density at radius 1 is 1.31 bits per heavy atom. The maximum absolute atomic E-state index is 12.4. The first-order valence-corrected chi connectivity index (χ1v) is 12.5. The van der Waals surface area contributed by atoms with Gasteiger partial charge in [-0.25, -0.2) is 0 Å². The van der Waals surface area contributed by atoms with Gasteiger partial charge in [-0.05, 0) is 29.6 Å². The number of carbonyl (C=O) groups is 1. The van der Waals surface area contributed by atoms with Gasteiger partial charge < -0.3 is 14.0 Å². The van der Waals surface area contributed by atoms with E-state index < -0.39 is 13.9 Å². The quantitative estimate of drug-likeness (QED) is 0.519. The molecule has 1 heterocycles. The second-order valence-corrected chi connectivity index (χ2v) is 14.1. The molecule has 1 aliphatic heterocycles. The first-order chi connectivity index (χ1) is 12.0. The maximum Gasteiger partial charge on any atom is 0.192 e. The molecule has 0 N–H and O–H groups in total. The number of hydrogen-bond acceptors (Lipinski definition) is 4. The second-order valence-electron chi connectivity index (χ2n) is 9.30. The smallest absolute Gasteiger partial charge is 0.192 e. The van der Waals surface area contributed by atoms with Gasteiger partial charge in [0.05, 0.1) is 12.7 Å². The van der Waals surface area contributed by atoms with E-state index in [1.54, 1.807) is 0 Å². The molecule has 0 saturated carbocycles. The van der Waals surface area contributed by atoms with Gasteiger partial charge in [0.25, 0.3) is 0 Å². The largest absolute Gasteiger partial charge is 0.414 e. The predicted molar refractivity (Wildman–Crippen MR) is 109 cm³/mol. The van der Waals surface area contributed by atoms with Crippen molar-refractivity contribution in [1.29, 1.82) is 0 Å². The van der Waals surface area contributed by atoms with E-state index in [2.05, 4.69) is 64.7 Å². The predicted octanol–water partition coefficient (Wildman–Crippen LogP) is 4.46. The fourth-order valence-electron chi connectivity index (χ4n) is 3.24. The van der Waals surface area contributed by atoms with Crippen molar-refractivity contribution in [2.45, 2.75) is 70.9 Å². The van der Waals surface area contributed by atoms with Crippen LogP contribution >= 0.6 is 0 Å². The summed E-state index contributed by atoms with van der Waals surface area (Å²) >= 11 is 0. The van der Waals surface area contributed by atoms with Crippen LogP contribution < -0.4 is 0 Å². The Morgan fingerprint density at radius 3 is 2.42 bits per heavy atom. The molecule has 26 heavy (non-hydrogen) atoms. The highest BCUT2D eigenvalue weighted by Crippen LogP contribution is 2.40. The van der Waals surface area contributed by atoms with Crippen LogP contribution in [0.3, 0.4) is 0 Å². The van der Waals surface area contributed by atoms with Crippen LogP contribution in [0.25, 0.3) is 0 Å². The fourth-order valence-corrected chi connectivity index (χ4v) is 4.27. The monoisotopic (exact) mass is 377 g/mol. The van der Waals surface area contributed by atoms with Crippen molar-refractivity contribution in [2.24, 2.45) is 5.92 Å². The molecule has 1 aromatic rings. The fraction of sp³-hybridized carbons (Fsp3) is 0.667. The molecule has 2 atom stereocenters. The van der Waals surface area contributed by atoms with Crippen molar-refractivity contribution in [3.05, 3.63) is 35.9 Å². The van der Waals surface area contributed by atoms with E-state index in [4.69, 9.17) is 9.16 Å². The Bertz CT molecular complexity index is 597. The number of carbonyl (C=O) groups excluding carboxylic acids is 1. The summed E-state index contributed by atoms with van der Waals surface area (Å²) in [6, 6.07) is 10.2. The third-order valence-electron chi connectivity index (χ3n) is 5.99. The van der Waals surface area contributed by atoms with E-state index in [9.17, 15) is 4.79 Å². The second kappa shape index (κ2) is 7.93. The SMILES string of the molecule is CC(C)[C@@H]1OCN(Cc2ccccc2)[C@]1(C=O)CO[Si](C)(C)C(C)(C)C. The first kappa shape index (κ1) is 21.3. The molecule has 0 aliphatic carbocycles. The Labute approximate surface area is 160 Å². The Kier molecular flexibility index (Phi) is 6.49. The van der Waals surface area contributed by atoms with Gasteiger partial charge in [-0.1, -0.05) is 65.0 Å². The minimum Gasteiger partial charge on any atom is -0.414 e. The van der Waals surface area contributed by atoms with Crippen LogP contribution in [0.15, 0.2) is 30.3 Å². The highest BCUT2D eigenvalue weighted by Gasteiger charge is 2.53. The summed E-state index contributed by atoms with van der Waals surface area (Å²) in [5.41, 5.74) is 0.443. The zero-order valence-corrected chi connectivity index (χ0v) is 18.4. The van der Waals surface area contributed by atoms with Gasteiger partial charge in [0.2, 0.25) is 0 Å². The zero-order valence-electron chi connectivity index (χ0n) is 17.4. The van der Waals surface area contributed by atoms with Crippen LogP contribution in [-0.4, -0.2) is 44.5 Å². The van der Waals surface area contributed by atoms with E-state index >= 15 is 0 Å². The molecule has 1 aromatic carbocycles. The lowest BCUT2D eigenvalue weighted by atomic mass is 9.86. The third kappa shape index (κ3) is 4.27. The van der Waals surface area contributed by atoms with Gasteiger partial charge in [0.15, 0.2) is 8.32 Å². The molecular weight excluding hydrogens is 342 g/mol. The lowest BCUT2D eigenvalue weighted by Gasteiger charge is -2.42. The molecule has 0 bridgehead atoms. The number of nitrogens with zero attached hydrogens (tertiary/aromatic N) is 1. The van der Waals surface area contributed by atoms with Gasteiger partial charge in [-0.3, -0.25) is 4.90 Å². The zero-order chi connectivity index (χ0) is 19.6. The molecule has 5 heteroatoms. The molecule has 0 amide bonds. The molecule has 1 fully saturated rings. The van der Waals surface area contributed by atoms with Crippen LogP contribution in [0, 0.1) is 5.92 Å². The lowest BCUT2D eigenvalue weighted by molar-refractivity contribution is -0.122. The van der Waals surface area contributed by atoms with Crippen molar-refractivity contribution >= 4 is 14.6 Å². The van der Waals surface area contributed by atoms with Crippen molar-refractivity contribution < 1.29 is 14.0 Å². The Morgan fingerprint density at radius 2 is 1.92 bits per heavy atom. The van der Waals surface area contributed by atoms with Gasteiger partial charge >= 0.3 is 0 Å². The third-order valence-corrected chi connectivity index (χ3v) is 10.5. The number of aldehydes is 1. The highest BCUT2D eigenvalue weighted by molar-refractivity contribution is 6.74. The van der Waals surface area contributed by atoms with E-state index in [0.29, 0.717) is 19.9 Å². The molecule has 0 spiro atoms. The minimum atomic E-state index is -1.96. The summed E-state index contributed by atoms with van der Waals surface area (Å²) in [5.74, 6) is 0.240. The highest BCUT2D eigenvalue weighted by atomic mass is 28.4. The standard InChI is InChI=1S/C21H35NO3Si/c1-17(2)19-21(14-23,15-25-26(6,7)20(3,4)5)22(16-24-19)13-18-11-9-8-10-12-18/h8-12,14,17,19H,13,15-16H2,1-7H3/t19-,21+/m0/s1. The number of benzene rings is 1. The summed E-state index contributed by atoms with van der Waals surface area (Å²) in [6.45, 7) is 16.9. The minimum absolute atomic E-state index is 0.105. The first-order valence-electron chi connectivity index (χ1n) is 9.54. The molecule has 1 saturated heterocycles. The molecule has 2 rings (SSSR count). The van der Waals surface area contributed by atoms with Crippen LogP contribution in [0.5, 0.6) is 0 Å². The van der Waals surface area contributed by atoms with Crippen molar-refractivity contribution in [3.8, 4) is 0 Å². The molecule has 0 unspecified atom stereocenters. The van der Waals surface area contributed by atoms with Crippen molar-refractivity contribution in [1.82, 2.24) is 4.90 Å². The lowest BCUT2D eigenvalue weighted by Crippen LogP contribution is -2.59. The van der Waals surface area contributed by atoms with Crippen molar-refractivity contribution in [3.63, 3.8) is 0 Å². The van der Waals surface area contributed by atoms with Crippen LogP contribution in [0.1, 0.15) is 40.2 Å². The molecular formula is C21H35NO3Si. The Hall–Kier alpha value is -1.01. The summed E-state index contributed by atoms with van der Waals surface area (Å²) in [7, 11) is -1.96. The van der Waals surface area contributed by atoms with Crippen LogP contribution in [-0.2, 0) is 20.5 Å². The maximum atomic E-state index is 12.4. The van der Waals surface area contributed by atoms with Gasteiger partial charge in [0.1, 0.15) is 18.6 Å². The summed E-state index contributed by atoms with van der Waals surface area (Å²) in [6.07, 6.45) is 0.911. The Balaban J connectivity index is 2.29. The molecule has 0 radical (unpaired) electrons. The normalized spacial score (nSPS) is 25.0. The molecule has 4 nitrogen and oxygen atoms in total. The summed E-state index contributed by atoms with van der Waals surface area (Å²) in [4.78, 5) is 14.6. The number of hydrogen-bond donors (Lipinski definition) is 0. The summed E-state index contributed by atoms with van der Waals surface area (Å²) < 4.78 is 12.6.